The van der Waals surface area contributed by atoms with Crippen LogP contribution in [0.15, 0.2) is 24.5 Å². The van der Waals surface area contributed by atoms with E-state index in [0.29, 0.717) is 18.0 Å². The number of fused-ring (bicyclic) bond motifs is 1. The molecular formula is C15H16N2O3. The second-order valence-electron chi connectivity index (χ2n) is 5.15. The molecule has 1 fully saturated rings. The molecule has 104 valence electrons. The summed E-state index contributed by atoms with van der Waals surface area (Å²) in [6.45, 7) is 0.650. The molecule has 1 aromatic heterocycles. The predicted octanol–water partition coefficient (Wildman–Crippen LogP) is 2.90. The normalized spacial score (nSPS) is 15.0. The van der Waals surface area contributed by atoms with Crippen molar-refractivity contribution in [3.63, 3.8) is 0 Å². The number of carbonyl (C=O) groups is 1. The number of hydrogen-bond acceptors (Lipinski definition) is 4. The van der Waals surface area contributed by atoms with Crippen molar-refractivity contribution in [3.8, 4) is 5.88 Å². The molecule has 20 heavy (non-hydrogen) atoms. The average Bonchev–Trinajstić information content (AvgIpc) is 2.41. The molecule has 0 unspecified atom stereocenters. The molecule has 0 bridgehead atoms. The van der Waals surface area contributed by atoms with Gasteiger partial charge in [-0.1, -0.05) is 19.3 Å². The summed E-state index contributed by atoms with van der Waals surface area (Å²) in [5.74, 6) is 0.367. The largest absolute Gasteiger partial charge is 0.478 e. The minimum Gasteiger partial charge on any atom is -0.478 e. The highest BCUT2D eigenvalue weighted by Crippen LogP contribution is 2.30. The van der Waals surface area contributed by atoms with E-state index in [4.69, 9.17) is 9.84 Å². The van der Waals surface area contributed by atoms with Crippen molar-refractivity contribution < 1.29 is 14.6 Å². The van der Waals surface area contributed by atoms with Crippen LogP contribution >= 0.6 is 0 Å². The minimum absolute atomic E-state index is 0.219. The Morgan fingerprint density at radius 2 is 2.20 bits per heavy atom. The molecular weight excluding hydrogens is 256 g/mol. The fraction of sp³-hybridized carbons (Fsp3) is 0.400. The predicted molar refractivity (Wildman–Crippen MR) is 74.0 cm³/mol. The summed E-state index contributed by atoms with van der Waals surface area (Å²) in [6.07, 6.45) is 6.40. The molecule has 0 amide bonds. The third-order valence-corrected chi connectivity index (χ3v) is 3.84. The first-order valence-electron chi connectivity index (χ1n) is 6.85. The number of benzene rings is 1. The van der Waals surface area contributed by atoms with Gasteiger partial charge in [0.05, 0.1) is 23.1 Å². The second kappa shape index (κ2) is 5.45. The van der Waals surface area contributed by atoms with Gasteiger partial charge < -0.3 is 9.84 Å². The van der Waals surface area contributed by atoms with E-state index in [2.05, 4.69) is 9.97 Å². The van der Waals surface area contributed by atoms with Crippen molar-refractivity contribution in [1.29, 1.82) is 0 Å². The fourth-order valence-corrected chi connectivity index (χ4v) is 2.38. The molecule has 3 rings (SSSR count). The molecule has 0 aliphatic heterocycles. The van der Waals surface area contributed by atoms with Gasteiger partial charge in [0, 0.05) is 0 Å². The Morgan fingerprint density at radius 1 is 1.35 bits per heavy atom. The number of carboxylic acids is 1. The van der Waals surface area contributed by atoms with Crippen LogP contribution in [0.5, 0.6) is 5.88 Å². The molecule has 0 atom stereocenters. The third kappa shape index (κ3) is 2.57. The first kappa shape index (κ1) is 12.8. The van der Waals surface area contributed by atoms with E-state index in [0.717, 1.165) is 17.7 Å². The molecule has 1 heterocycles. The topological polar surface area (TPSA) is 72.3 Å². The zero-order chi connectivity index (χ0) is 13.9. The maximum atomic E-state index is 10.9. The number of aromatic carboxylic acids is 1. The van der Waals surface area contributed by atoms with Gasteiger partial charge >= 0.3 is 5.97 Å². The molecule has 0 saturated heterocycles. The molecule has 1 N–H and O–H groups in total. The van der Waals surface area contributed by atoms with Crippen molar-refractivity contribution in [2.24, 2.45) is 5.92 Å². The molecule has 1 aliphatic rings. The van der Waals surface area contributed by atoms with Crippen LogP contribution in [0.4, 0.5) is 0 Å². The minimum atomic E-state index is -0.960. The lowest BCUT2D eigenvalue weighted by atomic mass is 9.83. The molecule has 5 heteroatoms. The van der Waals surface area contributed by atoms with Gasteiger partial charge in [-0.05, 0) is 30.5 Å². The number of ether oxygens (including phenoxy) is 1. The van der Waals surface area contributed by atoms with Crippen LogP contribution in [0.2, 0.25) is 0 Å². The number of carboxylic acid groups (broad SMARTS) is 1. The fourth-order valence-electron chi connectivity index (χ4n) is 2.38. The Bertz CT molecular complexity index is 638. The second-order valence-corrected chi connectivity index (χ2v) is 5.15. The molecule has 2 aromatic rings. The van der Waals surface area contributed by atoms with E-state index in [9.17, 15) is 4.79 Å². The highest BCUT2D eigenvalue weighted by molar-refractivity contribution is 5.94. The molecule has 0 radical (unpaired) electrons. The summed E-state index contributed by atoms with van der Waals surface area (Å²) in [6, 6.07) is 4.79. The number of aromatic nitrogens is 2. The highest BCUT2D eigenvalue weighted by Gasteiger charge is 2.17. The van der Waals surface area contributed by atoms with Crippen molar-refractivity contribution in [2.45, 2.75) is 25.7 Å². The lowest BCUT2D eigenvalue weighted by Crippen LogP contribution is -2.14. The first-order chi connectivity index (χ1) is 9.74. The Morgan fingerprint density at radius 3 is 2.90 bits per heavy atom. The van der Waals surface area contributed by atoms with E-state index in [-0.39, 0.29) is 5.56 Å². The van der Waals surface area contributed by atoms with Crippen molar-refractivity contribution in [1.82, 2.24) is 9.97 Å². The van der Waals surface area contributed by atoms with Crippen LogP contribution < -0.4 is 4.74 Å². The van der Waals surface area contributed by atoms with Gasteiger partial charge in [-0.3, -0.25) is 0 Å². The maximum absolute atomic E-state index is 10.9. The lowest BCUT2D eigenvalue weighted by Gasteiger charge is -2.24. The van der Waals surface area contributed by atoms with Gasteiger partial charge in [-0.2, -0.15) is 0 Å². The van der Waals surface area contributed by atoms with Crippen LogP contribution in [-0.4, -0.2) is 27.7 Å². The van der Waals surface area contributed by atoms with Gasteiger partial charge in [-0.15, -0.1) is 0 Å². The van der Waals surface area contributed by atoms with E-state index in [1.54, 1.807) is 12.1 Å². The van der Waals surface area contributed by atoms with Crippen LogP contribution in [0, 0.1) is 5.92 Å². The van der Waals surface area contributed by atoms with Gasteiger partial charge in [-0.25, -0.2) is 14.8 Å². The zero-order valence-electron chi connectivity index (χ0n) is 11.1. The maximum Gasteiger partial charge on any atom is 0.335 e. The standard InChI is InChI=1S/C15H16N2O3/c18-15(19)11-4-5-12-13(8-11)16-9-17-14(12)20-7-6-10-2-1-3-10/h4-5,8-10H,1-3,6-7H2,(H,18,19). The van der Waals surface area contributed by atoms with Crippen LogP contribution in [0.1, 0.15) is 36.0 Å². The summed E-state index contributed by atoms with van der Waals surface area (Å²) in [4.78, 5) is 19.2. The van der Waals surface area contributed by atoms with Gasteiger partial charge in [0.2, 0.25) is 5.88 Å². The number of nitrogens with zero attached hydrogens (tertiary/aromatic N) is 2. The lowest BCUT2D eigenvalue weighted by molar-refractivity contribution is 0.0697. The Kier molecular flexibility index (Phi) is 3.50. The van der Waals surface area contributed by atoms with Gasteiger partial charge in [0.15, 0.2) is 0 Å². The summed E-state index contributed by atoms with van der Waals surface area (Å²) in [5, 5.41) is 9.73. The van der Waals surface area contributed by atoms with Crippen LogP contribution in [-0.2, 0) is 0 Å². The molecule has 1 saturated carbocycles. The quantitative estimate of drug-likeness (QED) is 0.906. The van der Waals surface area contributed by atoms with E-state index >= 15 is 0 Å². The molecule has 0 spiro atoms. The Labute approximate surface area is 116 Å². The molecule has 1 aliphatic carbocycles. The monoisotopic (exact) mass is 272 g/mol. The summed E-state index contributed by atoms with van der Waals surface area (Å²) in [7, 11) is 0. The van der Waals surface area contributed by atoms with E-state index in [1.807, 2.05) is 0 Å². The Hall–Kier alpha value is -2.17. The smallest absolute Gasteiger partial charge is 0.335 e. The first-order valence-corrected chi connectivity index (χ1v) is 6.85. The SMILES string of the molecule is O=C(O)c1ccc2c(OCCC3CCC3)ncnc2c1. The zero-order valence-corrected chi connectivity index (χ0v) is 11.1. The summed E-state index contributed by atoms with van der Waals surface area (Å²) >= 11 is 0. The number of rotatable bonds is 5. The van der Waals surface area contributed by atoms with E-state index in [1.165, 1.54) is 31.7 Å². The highest BCUT2D eigenvalue weighted by atomic mass is 16.5. The molecule has 1 aromatic carbocycles. The third-order valence-electron chi connectivity index (χ3n) is 3.84. The van der Waals surface area contributed by atoms with Crippen molar-refractivity contribution >= 4 is 16.9 Å². The summed E-state index contributed by atoms with van der Waals surface area (Å²) < 4.78 is 5.73. The molecule has 5 nitrogen and oxygen atoms in total. The van der Waals surface area contributed by atoms with Crippen molar-refractivity contribution in [2.75, 3.05) is 6.61 Å². The van der Waals surface area contributed by atoms with Crippen LogP contribution in [0.25, 0.3) is 10.9 Å². The Balaban J connectivity index is 1.77. The van der Waals surface area contributed by atoms with E-state index < -0.39 is 5.97 Å². The average molecular weight is 272 g/mol. The number of hydrogen-bond donors (Lipinski definition) is 1. The van der Waals surface area contributed by atoms with Gasteiger partial charge in [0.1, 0.15) is 6.33 Å². The van der Waals surface area contributed by atoms with Gasteiger partial charge in [0.25, 0.3) is 0 Å². The van der Waals surface area contributed by atoms with Crippen LogP contribution in [0.3, 0.4) is 0 Å². The van der Waals surface area contributed by atoms with Crippen molar-refractivity contribution in [3.05, 3.63) is 30.1 Å². The summed E-state index contributed by atoms with van der Waals surface area (Å²) in [5.41, 5.74) is 0.815.